The highest BCUT2D eigenvalue weighted by Gasteiger charge is 2.32. The summed E-state index contributed by atoms with van der Waals surface area (Å²) in [7, 11) is 3.64. The first-order valence-corrected chi connectivity index (χ1v) is 12.2. The molecule has 1 atom stereocenters. The predicted octanol–water partition coefficient (Wildman–Crippen LogP) is 3.00. The Morgan fingerprint density at radius 3 is 2.78 bits per heavy atom. The predicted molar refractivity (Wildman–Crippen MR) is 140 cm³/mol. The maximum Gasteiger partial charge on any atom is 0.252 e. The van der Waals surface area contributed by atoms with Crippen LogP contribution in [0.25, 0.3) is 11.4 Å². The van der Waals surface area contributed by atoms with Gasteiger partial charge in [-0.2, -0.15) is 4.98 Å². The van der Waals surface area contributed by atoms with Gasteiger partial charge in [-0.3, -0.25) is 4.99 Å². The fourth-order valence-corrected chi connectivity index (χ4v) is 4.62. The Balaban J connectivity index is 1.31. The van der Waals surface area contributed by atoms with E-state index in [0.29, 0.717) is 31.0 Å². The van der Waals surface area contributed by atoms with Crippen molar-refractivity contribution in [3.8, 4) is 11.4 Å². The third-order valence-corrected chi connectivity index (χ3v) is 6.68. The third kappa shape index (κ3) is 4.76. The molecule has 0 radical (unpaired) electrons. The van der Waals surface area contributed by atoms with E-state index < -0.39 is 0 Å². The van der Waals surface area contributed by atoms with Gasteiger partial charge in [-0.1, -0.05) is 18.7 Å². The molecule has 0 amide bonds. The number of aliphatic imine (C=N–C) groups is 2. The van der Waals surface area contributed by atoms with Crippen LogP contribution in [0.1, 0.15) is 19.2 Å². The first kappa shape index (κ1) is 23.8. The van der Waals surface area contributed by atoms with Crippen molar-refractivity contribution in [2.45, 2.75) is 26.0 Å². The Labute approximate surface area is 211 Å². The molecule has 4 heterocycles. The summed E-state index contributed by atoms with van der Waals surface area (Å²) in [6, 6.07) is 8.64. The van der Waals surface area contributed by atoms with Crippen LogP contribution < -0.4 is 10.2 Å². The van der Waals surface area contributed by atoms with Gasteiger partial charge in [-0.05, 0) is 42.8 Å². The van der Waals surface area contributed by atoms with E-state index in [4.69, 9.17) is 14.3 Å². The number of rotatable bonds is 6. The number of methoxy groups -OCH3 is 1. The van der Waals surface area contributed by atoms with Crippen LogP contribution in [0, 0.1) is 0 Å². The lowest BCUT2D eigenvalue weighted by Gasteiger charge is -2.46. The van der Waals surface area contributed by atoms with E-state index in [-0.39, 0.29) is 0 Å². The number of nitrogens with zero attached hydrogens (tertiary/aromatic N) is 7. The lowest BCUT2D eigenvalue weighted by molar-refractivity contribution is 0.151. The largest absolute Gasteiger partial charge is 0.375 e. The monoisotopic (exact) mass is 488 g/mol. The molecule has 1 aromatic heterocycles. The van der Waals surface area contributed by atoms with E-state index in [9.17, 15) is 0 Å². The van der Waals surface area contributed by atoms with Crippen LogP contribution in [0.5, 0.6) is 0 Å². The molecule has 10 heteroatoms. The van der Waals surface area contributed by atoms with E-state index in [1.165, 1.54) is 5.69 Å². The number of hydrogen-bond acceptors (Lipinski definition) is 10. The number of piperazine rings is 1. The number of benzene rings is 1. The van der Waals surface area contributed by atoms with E-state index in [1.54, 1.807) is 7.11 Å². The number of nitrogens with one attached hydrogen (secondary N) is 1. The average molecular weight is 489 g/mol. The second-order valence-corrected chi connectivity index (χ2v) is 8.93. The summed E-state index contributed by atoms with van der Waals surface area (Å²) >= 11 is 0. The summed E-state index contributed by atoms with van der Waals surface area (Å²) in [5, 5.41) is 7.36. The first-order chi connectivity index (χ1) is 17.6. The minimum absolute atomic E-state index is 0.307. The van der Waals surface area contributed by atoms with Gasteiger partial charge in [0.1, 0.15) is 13.3 Å². The van der Waals surface area contributed by atoms with E-state index in [1.807, 2.05) is 37.5 Å². The Kier molecular flexibility index (Phi) is 6.86. The van der Waals surface area contributed by atoms with Gasteiger partial charge in [0.2, 0.25) is 11.8 Å². The molecule has 5 rings (SSSR count). The lowest BCUT2D eigenvalue weighted by atomic mass is 10.1. The van der Waals surface area contributed by atoms with Crippen LogP contribution in [0.4, 0.5) is 5.69 Å². The fraction of sp³-hybridized carbons (Fsp3) is 0.385. The van der Waals surface area contributed by atoms with Crippen molar-refractivity contribution < 1.29 is 9.26 Å². The summed E-state index contributed by atoms with van der Waals surface area (Å²) in [6.07, 6.45) is 6.80. The number of ether oxygens (including phenoxy) is 1. The van der Waals surface area contributed by atoms with Gasteiger partial charge in [0.15, 0.2) is 0 Å². The minimum atomic E-state index is 0.307. The van der Waals surface area contributed by atoms with Gasteiger partial charge in [0.05, 0.1) is 11.4 Å². The molecule has 0 spiro atoms. The van der Waals surface area contributed by atoms with Crippen molar-refractivity contribution >= 4 is 17.9 Å². The molecule has 0 saturated carbocycles. The topological polar surface area (TPSA) is 94.6 Å². The van der Waals surface area contributed by atoms with Crippen molar-refractivity contribution in [2.24, 2.45) is 9.98 Å². The highest BCUT2D eigenvalue weighted by molar-refractivity contribution is 5.86. The van der Waals surface area contributed by atoms with Crippen molar-refractivity contribution in [3.05, 3.63) is 66.0 Å². The molecular weight excluding hydrogens is 456 g/mol. The summed E-state index contributed by atoms with van der Waals surface area (Å²) in [5.41, 5.74) is 4.88. The molecule has 0 unspecified atom stereocenters. The van der Waals surface area contributed by atoms with Crippen LogP contribution in [0.3, 0.4) is 0 Å². The zero-order valence-electron chi connectivity index (χ0n) is 21.0. The van der Waals surface area contributed by atoms with Crippen LogP contribution in [0.2, 0.25) is 0 Å². The zero-order valence-corrected chi connectivity index (χ0v) is 21.0. The minimum Gasteiger partial charge on any atom is -0.375 e. The molecular formula is C26H32N8O2. The molecule has 1 aromatic carbocycles. The van der Waals surface area contributed by atoms with E-state index in [0.717, 1.165) is 54.7 Å². The Bertz CT molecular complexity index is 1230. The summed E-state index contributed by atoms with van der Waals surface area (Å²) in [6.45, 7) is 10.0. The Morgan fingerprint density at radius 1 is 1.22 bits per heavy atom. The number of aromatic nitrogens is 2. The van der Waals surface area contributed by atoms with Crippen molar-refractivity contribution in [3.63, 3.8) is 0 Å². The maximum atomic E-state index is 5.23. The number of likely N-dealkylation sites (N-methyl/N-ethyl adjacent to an activating group) is 1. The summed E-state index contributed by atoms with van der Waals surface area (Å²) in [5.74, 6) is 1.98. The molecule has 1 fully saturated rings. The smallest absolute Gasteiger partial charge is 0.252 e. The number of allylic oxidation sites excluding steroid dienone is 2. The zero-order chi connectivity index (χ0) is 25.1. The molecule has 10 nitrogen and oxygen atoms in total. The SMILES string of the molecule is C=C1C=C(C2=CC=NCN2)N=C(N2CCN(c3ccc(-c4noc(COC)n4)cc3)C[C@H]2CC)N1C. The van der Waals surface area contributed by atoms with Gasteiger partial charge in [-0.15, -0.1) is 0 Å². The second-order valence-electron chi connectivity index (χ2n) is 8.93. The van der Waals surface area contributed by atoms with Crippen LogP contribution >= 0.6 is 0 Å². The van der Waals surface area contributed by atoms with Crippen molar-refractivity contribution in [1.82, 2.24) is 25.3 Å². The summed E-state index contributed by atoms with van der Waals surface area (Å²) in [4.78, 5) is 20.6. The van der Waals surface area contributed by atoms with Gasteiger partial charge >= 0.3 is 0 Å². The van der Waals surface area contributed by atoms with Crippen LogP contribution in [-0.2, 0) is 11.3 Å². The van der Waals surface area contributed by atoms with Gasteiger partial charge in [0, 0.05) is 63.0 Å². The number of guanidine groups is 1. The van der Waals surface area contributed by atoms with E-state index >= 15 is 0 Å². The highest BCUT2D eigenvalue weighted by Crippen LogP contribution is 2.28. The Morgan fingerprint density at radius 2 is 2.06 bits per heavy atom. The Hall–Kier alpha value is -3.92. The molecule has 0 aliphatic carbocycles. The molecule has 3 aliphatic rings. The maximum absolute atomic E-state index is 5.23. The molecule has 1 saturated heterocycles. The van der Waals surface area contributed by atoms with Crippen molar-refractivity contribution in [2.75, 3.05) is 45.4 Å². The normalized spacial score (nSPS) is 20.2. The molecule has 188 valence electrons. The van der Waals surface area contributed by atoms with Crippen molar-refractivity contribution in [1.29, 1.82) is 0 Å². The van der Waals surface area contributed by atoms with Crippen LogP contribution in [0.15, 0.2) is 74.6 Å². The summed E-state index contributed by atoms with van der Waals surface area (Å²) < 4.78 is 10.3. The highest BCUT2D eigenvalue weighted by atomic mass is 16.5. The lowest BCUT2D eigenvalue weighted by Crippen LogP contribution is -2.58. The third-order valence-electron chi connectivity index (χ3n) is 6.68. The average Bonchev–Trinajstić information content (AvgIpc) is 3.39. The molecule has 3 aliphatic heterocycles. The molecule has 36 heavy (non-hydrogen) atoms. The number of anilines is 1. The van der Waals surface area contributed by atoms with Gasteiger partial charge < -0.3 is 29.3 Å². The fourth-order valence-electron chi connectivity index (χ4n) is 4.62. The van der Waals surface area contributed by atoms with E-state index in [2.05, 4.69) is 60.8 Å². The first-order valence-electron chi connectivity index (χ1n) is 12.2. The standard InChI is InChI=1S/C26H32N8O2/c1-5-20-15-33(21-8-6-19(7-9-21)25-30-24(16-35-4)36-31-25)12-13-34(20)26-29-23(14-18(2)32(26)3)22-10-11-27-17-28-22/h6-11,14,20,28H,2,5,12-13,15-17H2,1,3-4H3/t20-/m1/s1. The molecule has 0 bridgehead atoms. The second kappa shape index (κ2) is 10.4. The quantitative estimate of drug-likeness (QED) is 0.663. The molecule has 1 N–H and O–H groups in total. The molecule has 2 aromatic rings. The van der Waals surface area contributed by atoms with Crippen LogP contribution in [-0.4, -0.2) is 78.6 Å². The van der Waals surface area contributed by atoms with Gasteiger partial charge in [-0.25, -0.2) is 4.99 Å². The number of hydrogen-bond donors (Lipinski definition) is 1. The van der Waals surface area contributed by atoms with Gasteiger partial charge in [0.25, 0.3) is 5.89 Å².